The Bertz CT molecular complexity index is 734. The molecular weight excluding hydrogens is 276 g/mol. The molecule has 0 saturated carbocycles. The zero-order chi connectivity index (χ0) is 15.5. The van der Waals surface area contributed by atoms with Crippen LogP contribution in [0.2, 0.25) is 0 Å². The number of nitrogens with one attached hydrogen (secondary N) is 1. The van der Waals surface area contributed by atoms with Gasteiger partial charge in [-0.1, -0.05) is 12.1 Å². The van der Waals surface area contributed by atoms with Crippen LogP contribution in [0.15, 0.2) is 36.4 Å². The van der Waals surface area contributed by atoms with Crippen molar-refractivity contribution in [2.45, 2.75) is 12.5 Å². The van der Waals surface area contributed by atoms with Crippen molar-refractivity contribution >= 4 is 0 Å². The third-order valence-electron chi connectivity index (χ3n) is 4.05. The first-order valence-electron chi connectivity index (χ1n) is 7.25. The lowest BCUT2D eigenvalue weighted by molar-refractivity contribution is 0.353. The molecular formula is C18H18N2O2. The van der Waals surface area contributed by atoms with E-state index in [-0.39, 0.29) is 6.04 Å². The highest BCUT2D eigenvalue weighted by Crippen LogP contribution is 2.37. The van der Waals surface area contributed by atoms with Crippen LogP contribution in [0, 0.1) is 11.3 Å². The van der Waals surface area contributed by atoms with Crippen molar-refractivity contribution < 1.29 is 9.47 Å². The van der Waals surface area contributed by atoms with Gasteiger partial charge in [0.25, 0.3) is 0 Å². The van der Waals surface area contributed by atoms with Gasteiger partial charge >= 0.3 is 0 Å². The van der Waals surface area contributed by atoms with Gasteiger partial charge in [-0.15, -0.1) is 0 Å². The Morgan fingerprint density at radius 3 is 2.64 bits per heavy atom. The van der Waals surface area contributed by atoms with Crippen molar-refractivity contribution in [2.24, 2.45) is 0 Å². The van der Waals surface area contributed by atoms with Crippen LogP contribution >= 0.6 is 0 Å². The zero-order valence-corrected chi connectivity index (χ0v) is 12.7. The van der Waals surface area contributed by atoms with Gasteiger partial charge in [-0.2, -0.15) is 5.26 Å². The normalized spacial score (nSPS) is 16.5. The summed E-state index contributed by atoms with van der Waals surface area (Å²) >= 11 is 0. The molecule has 1 N–H and O–H groups in total. The van der Waals surface area contributed by atoms with Crippen LogP contribution in [0.1, 0.15) is 28.3 Å². The molecule has 0 aromatic heterocycles. The number of hydrogen-bond donors (Lipinski definition) is 1. The highest BCUT2D eigenvalue weighted by atomic mass is 16.5. The monoisotopic (exact) mass is 294 g/mol. The summed E-state index contributed by atoms with van der Waals surface area (Å²) in [6.07, 6.45) is 0.949. The maximum Gasteiger partial charge on any atom is 0.161 e. The fourth-order valence-corrected chi connectivity index (χ4v) is 2.97. The molecule has 0 bridgehead atoms. The largest absolute Gasteiger partial charge is 0.493 e. The SMILES string of the molecule is COc1cc2c(cc1OC)C(c1cccc(C#N)c1)NCC2. The molecule has 0 fully saturated rings. The molecule has 0 spiro atoms. The molecule has 2 aromatic rings. The van der Waals surface area contributed by atoms with Crippen LogP contribution < -0.4 is 14.8 Å². The van der Waals surface area contributed by atoms with Crippen molar-refractivity contribution in [1.29, 1.82) is 5.26 Å². The summed E-state index contributed by atoms with van der Waals surface area (Å²) in [5.41, 5.74) is 4.20. The molecule has 112 valence electrons. The summed E-state index contributed by atoms with van der Waals surface area (Å²) < 4.78 is 10.8. The van der Waals surface area contributed by atoms with Crippen LogP contribution in [-0.2, 0) is 6.42 Å². The second-order valence-electron chi connectivity index (χ2n) is 5.28. The molecule has 0 saturated heterocycles. The van der Waals surface area contributed by atoms with E-state index in [4.69, 9.17) is 14.7 Å². The Balaban J connectivity index is 2.09. The first-order valence-corrected chi connectivity index (χ1v) is 7.25. The molecule has 4 heteroatoms. The molecule has 0 amide bonds. The van der Waals surface area contributed by atoms with Gasteiger partial charge in [-0.3, -0.25) is 0 Å². The molecule has 1 aliphatic heterocycles. The summed E-state index contributed by atoms with van der Waals surface area (Å²) in [6.45, 7) is 0.893. The molecule has 22 heavy (non-hydrogen) atoms. The van der Waals surface area contributed by atoms with Gasteiger partial charge in [0.15, 0.2) is 11.5 Å². The van der Waals surface area contributed by atoms with Crippen LogP contribution in [0.5, 0.6) is 11.5 Å². The number of fused-ring (bicyclic) bond motifs is 1. The maximum atomic E-state index is 9.10. The van der Waals surface area contributed by atoms with Gasteiger partial charge in [0.2, 0.25) is 0 Å². The predicted molar refractivity (Wildman–Crippen MR) is 84.3 cm³/mol. The van der Waals surface area contributed by atoms with Crippen molar-refractivity contribution in [3.63, 3.8) is 0 Å². The molecule has 4 nitrogen and oxygen atoms in total. The highest BCUT2D eigenvalue weighted by Gasteiger charge is 2.24. The van der Waals surface area contributed by atoms with Gasteiger partial charge in [-0.05, 0) is 47.4 Å². The van der Waals surface area contributed by atoms with E-state index < -0.39 is 0 Å². The lowest BCUT2D eigenvalue weighted by atomic mass is 9.89. The molecule has 1 unspecified atom stereocenters. The van der Waals surface area contributed by atoms with E-state index in [1.165, 1.54) is 11.1 Å². The molecule has 1 atom stereocenters. The number of nitriles is 1. The van der Waals surface area contributed by atoms with Crippen molar-refractivity contribution in [3.05, 3.63) is 58.7 Å². The van der Waals surface area contributed by atoms with E-state index >= 15 is 0 Å². The van der Waals surface area contributed by atoms with Gasteiger partial charge in [0, 0.05) is 6.54 Å². The van der Waals surface area contributed by atoms with E-state index in [1.54, 1.807) is 14.2 Å². The Morgan fingerprint density at radius 1 is 1.14 bits per heavy atom. The average molecular weight is 294 g/mol. The van der Waals surface area contributed by atoms with E-state index in [1.807, 2.05) is 30.3 Å². The molecule has 3 rings (SSSR count). The van der Waals surface area contributed by atoms with Gasteiger partial charge in [0.05, 0.1) is 31.9 Å². The third kappa shape index (κ3) is 2.51. The summed E-state index contributed by atoms with van der Waals surface area (Å²) in [5.74, 6) is 1.49. The Morgan fingerprint density at radius 2 is 1.91 bits per heavy atom. The van der Waals surface area contributed by atoms with Gasteiger partial charge in [0.1, 0.15) is 0 Å². The smallest absolute Gasteiger partial charge is 0.161 e. The van der Waals surface area contributed by atoms with Crippen molar-refractivity contribution in [3.8, 4) is 17.6 Å². The standard InChI is InChI=1S/C18H18N2O2/c1-21-16-9-13-6-7-20-18(15(13)10-17(16)22-2)14-5-3-4-12(8-14)11-19/h3-5,8-10,18,20H,6-7H2,1-2H3. The molecule has 1 heterocycles. The number of hydrogen-bond acceptors (Lipinski definition) is 4. The van der Waals surface area contributed by atoms with Crippen molar-refractivity contribution in [1.82, 2.24) is 5.32 Å². The predicted octanol–water partition coefficient (Wildman–Crippen LogP) is 2.81. The summed E-state index contributed by atoms with van der Waals surface area (Å²) in [6, 6.07) is 14.1. The molecule has 0 radical (unpaired) electrons. The lowest BCUT2D eigenvalue weighted by Gasteiger charge is -2.28. The number of nitrogens with zero attached hydrogens (tertiary/aromatic N) is 1. The van der Waals surface area contributed by atoms with Crippen LogP contribution in [-0.4, -0.2) is 20.8 Å². The van der Waals surface area contributed by atoms with E-state index in [0.29, 0.717) is 5.56 Å². The summed E-state index contributed by atoms with van der Waals surface area (Å²) in [5, 5.41) is 12.6. The van der Waals surface area contributed by atoms with Crippen molar-refractivity contribution in [2.75, 3.05) is 20.8 Å². The number of rotatable bonds is 3. The Kier molecular flexibility index (Phi) is 3.99. The first-order chi connectivity index (χ1) is 10.8. The fraction of sp³-hybridized carbons (Fsp3) is 0.278. The second-order valence-corrected chi connectivity index (χ2v) is 5.28. The Hall–Kier alpha value is -2.51. The lowest BCUT2D eigenvalue weighted by Crippen LogP contribution is -2.30. The zero-order valence-electron chi connectivity index (χ0n) is 12.7. The van der Waals surface area contributed by atoms with E-state index in [0.717, 1.165) is 30.0 Å². The number of methoxy groups -OCH3 is 2. The van der Waals surface area contributed by atoms with Gasteiger partial charge in [-0.25, -0.2) is 0 Å². The minimum atomic E-state index is 0.0665. The molecule has 0 aliphatic carbocycles. The van der Waals surface area contributed by atoms with E-state index in [2.05, 4.69) is 17.5 Å². The quantitative estimate of drug-likeness (QED) is 0.945. The molecule has 1 aliphatic rings. The van der Waals surface area contributed by atoms with E-state index in [9.17, 15) is 0 Å². The minimum absolute atomic E-state index is 0.0665. The number of benzene rings is 2. The molecule has 2 aromatic carbocycles. The Labute approximate surface area is 130 Å². The summed E-state index contributed by atoms with van der Waals surface area (Å²) in [4.78, 5) is 0. The number of ether oxygens (including phenoxy) is 2. The summed E-state index contributed by atoms with van der Waals surface area (Å²) in [7, 11) is 3.30. The van der Waals surface area contributed by atoms with Crippen LogP contribution in [0.3, 0.4) is 0 Å². The minimum Gasteiger partial charge on any atom is -0.493 e. The topological polar surface area (TPSA) is 54.3 Å². The first kappa shape index (κ1) is 14.4. The third-order valence-corrected chi connectivity index (χ3v) is 4.05. The maximum absolute atomic E-state index is 9.10. The average Bonchev–Trinajstić information content (AvgIpc) is 2.59. The second kappa shape index (κ2) is 6.08. The van der Waals surface area contributed by atoms with Crippen LogP contribution in [0.25, 0.3) is 0 Å². The fourth-order valence-electron chi connectivity index (χ4n) is 2.97. The highest BCUT2D eigenvalue weighted by molar-refractivity contribution is 5.52. The van der Waals surface area contributed by atoms with Crippen LogP contribution in [0.4, 0.5) is 0 Å². The van der Waals surface area contributed by atoms with Gasteiger partial charge < -0.3 is 14.8 Å².